The van der Waals surface area contributed by atoms with Gasteiger partial charge in [0, 0.05) is 6.54 Å². The highest BCUT2D eigenvalue weighted by Crippen LogP contribution is 2.33. The fourth-order valence-electron chi connectivity index (χ4n) is 3.27. The van der Waals surface area contributed by atoms with Crippen molar-refractivity contribution in [2.45, 2.75) is 32.5 Å². The van der Waals surface area contributed by atoms with Gasteiger partial charge in [-0.15, -0.1) is 0 Å². The van der Waals surface area contributed by atoms with Crippen molar-refractivity contribution in [1.82, 2.24) is 9.97 Å². The number of benzene rings is 2. The number of anilines is 1. The monoisotopic (exact) mass is 379 g/mol. The molecule has 144 valence electrons. The number of nitrogens with one attached hydrogen (secondary N) is 1. The van der Waals surface area contributed by atoms with E-state index < -0.39 is 18.2 Å². The Morgan fingerprint density at radius 1 is 1.25 bits per heavy atom. The summed E-state index contributed by atoms with van der Waals surface area (Å²) in [7, 11) is 0. The number of aromatic amines is 1. The Morgan fingerprint density at radius 2 is 2.00 bits per heavy atom. The van der Waals surface area contributed by atoms with Crippen LogP contribution in [0.1, 0.15) is 32.2 Å². The van der Waals surface area contributed by atoms with E-state index in [-0.39, 0.29) is 18.9 Å². The van der Waals surface area contributed by atoms with E-state index in [2.05, 4.69) is 9.97 Å². The SMILES string of the molecule is C[C@H](OC(=O)CCN1C(=O)[C@@H](C)Oc2ccccc21)c1nc2ccccc2[nH]1. The number of fused-ring (bicyclic) bond motifs is 2. The second-order valence-electron chi connectivity index (χ2n) is 6.74. The first-order valence-electron chi connectivity index (χ1n) is 9.24. The van der Waals surface area contributed by atoms with E-state index in [1.807, 2.05) is 48.5 Å². The maximum atomic E-state index is 12.5. The minimum atomic E-state index is -0.583. The molecule has 1 amide bonds. The summed E-state index contributed by atoms with van der Waals surface area (Å²) in [5, 5.41) is 0. The van der Waals surface area contributed by atoms with Crippen LogP contribution in [0, 0.1) is 0 Å². The van der Waals surface area contributed by atoms with Crippen LogP contribution in [0.4, 0.5) is 5.69 Å². The van der Waals surface area contributed by atoms with Gasteiger partial charge in [-0.1, -0.05) is 24.3 Å². The van der Waals surface area contributed by atoms with Gasteiger partial charge in [0.05, 0.1) is 23.1 Å². The third kappa shape index (κ3) is 3.43. The smallest absolute Gasteiger partial charge is 0.308 e. The van der Waals surface area contributed by atoms with Crippen LogP contribution in [-0.4, -0.2) is 34.5 Å². The quantitative estimate of drug-likeness (QED) is 0.687. The van der Waals surface area contributed by atoms with Crippen molar-refractivity contribution < 1.29 is 19.1 Å². The lowest BCUT2D eigenvalue weighted by atomic mass is 10.2. The summed E-state index contributed by atoms with van der Waals surface area (Å²) in [4.78, 5) is 34.0. The first-order valence-corrected chi connectivity index (χ1v) is 9.24. The Labute approximate surface area is 162 Å². The van der Waals surface area contributed by atoms with Crippen LogP contribution < -0.4 is 9.64 Å². The normalized spacial score (nSPS) is 17.1. The van der Waals surface area contributed by atoms with Gasteiger partial charge in [0.15, 0.2) is 12.2 Å². The van der Waals surface area contributed by atoms with Crippen LogP contribution >= 0.6 is 0 Å². The Kier molecular flexibility index (Phi) is 4.73. The largest absolute Gasteiger partial charge is 0.479 e. The highest BCUT2D eigenvalue weighted by molar-refractivity contribution is 6.00. The van der Waals surface area contributed by atoms with E-state index in [9.17, 15) is 9.59 Å². The number of imidazole rings is 1. The number of amides is 1. The molecule has 7 nitrogen and oxygen atoms in total. The molecule has 3 aromatic rings. The molecule has 0 aliphatic carbocycles. The van der Waals surface area contributed by atoms with Crippen molar-refractivity contribution in [2.75, 3.05) is 11.4 Å². The zero-order valence-electron chi connectivity index (χ0n) is 15.7. The average molecular weight is 379 g/mol. The van der Waals surface area contributed by atoms with E-state index in [0.717, 1.165) is 11.0 Å². The summed E-state index contributed by atoms with van der Waals surface area (Å²) in [6.07, 6.45) is -1.01. The lowest BCUT2D eigenvalue weighted by Gasteiger charge is -2.32. The third-order valence-corrected chi connectivity index (χ3v) is 4.71. The number of carbonyl (C=O) groups excluding carboxylic acids is 2. The predicted molar refractivity (Wildman–Crippen MR) is 104 cm³/mol. The van der Waals surface area contributed by atoms with Gasteiger partial charge in [-0.2, -0.15) is 0 Å². The Bertz CT molecular complexity index is 996. The summed E-state index contributed by atoms with van der Waals surface area (Å²) in [6, 6.07) is 14.9. The van der Waals surface area contributed by atoms with Crippen molar-refractivity contribution in [2.24, 2.45) is 0 Å². The number of rotatable bonds is 5. The second kappa shape index (κ2) is 7.34. The van der Waals surface area contributed by atoms with E-state index in [1.165, 1.54) is 0 Å². The van der Waals surface area contributed by atoms with Crippen LogP contribution in [-0.2, 0) is 14.3 Å². The third-order valence-electron chi connectivity index (χ3n) is 4.71. The van der Waals surface area contributed by atoms with Gasteiger partial charge < -0.3 is 19.4 Å². The van der Waals surface area contributed by atoms with Crippen LogP contribution in [0.2, 0.25) is 0 Å². The first-order chi connectivity index (χ1) is 13.5. The van der Waals surface area contributed by atoms with E-state index in [0.29, 0.717) is 17.3 Å². The topological polar surface area (TPSA) is 84.5 Å². The van der Waals surface area contributed by atoms with Crippen molar-refractivity contribution in [3.8, 4) is 5.75 Å². The molecule has 2 heterocycles. The molecule has 1 aliphatic heterocycles. The van der Waals surface area contributed by atoms with Crippen molar-refractivity contribution >= 4 is 28.6 Å². The number of hydrogen-bond donors (Lipinski definition) is 1. The molecule has 28 heavy (non-hydrogen) atoms. The number of H-pyrrole nitrogens is 1. The predicted octanol–water partition coefficient (Wildman–Crippen LogP) is 3.37. The number of esters is 1. The van der Waals surface area contributed by atoms with Gasteiger partial charge in [-0.25, -0.2) is 4.98 Å². The molecule has 4 rings (SSSR count). The van der Waals surface area contributed by atoms with Gasteiger partial charge in [0.25, 0.3) is 5.91 Å². The number of hydrogen-bond acceptors (Lipinski definition) is 5. The molecule has 2 aromatic carbocycles. The molecule has 0 saturated heterocycles. The summed E-state index contributed by atoms with van der Waals surface area (Å²) in [5.74, 6) is 0.670. The Balaban J connectivity index is 1.41. The molecule has 0 spiro atoms. The number of carbonyl (C=O) groups is 2. The summed E-state index contributed by atoms with van der Waals surface area (Å²) in [5.41, 5.74) is 2.39. The number of nitrogens with zero attached hydrogens (tertiary/aromatic N) is 2. The van der Waals surface area contributed by atoms with Gasteiger partial charge in [0.1, 0.15) is 11.6 Å². The average Bonchev–Trinajstić information content (AvgIpc) is 3.13. The maximum absolute atomic E-state index is 12.5. The van der Waals surface area contributed by atoms with Crippen molar-refractivity contribution in [1.29, 1.82) is 0 Å². The van der Waals surface area contributed by atoms with E-state index in [4.69, 9.17) is 9.47 Å². The second-order valence-corrected chi connectivity index (χ2v) is 6.74. The standard InChI is InChI=1S/C21H21N3O4/c1-13(20-22-15-7-3-4-8-16(15)23-20)28-19(25)11-12-24-17-9-5-6-10-18(17)27-14(2)21(24)26/h3-10,13-14H,11-12H2,1-2H3,(H,22,23)/t13-,14+/m0/s1. The van der Waals surface area contributed by atoms with Crippen molar-refractivity contribution in [3.63, 3.8) is 0 Å². The maximum Gasteiger partial charge on any atom is 0.308 e. The molecule has 2 atom stereocenters. The molecule has 0 fully saturated rings. The fraction of sp³-hybridized carbons (Fsp3) is 0.286. The molecule has 0 saturated carbocycles. The Hall–Kier alpha value is -3.35. The number of aromatic nitrogens is 2. The Morgan fingerprint density at radius 3 is 2.82 bits per heavy atom. The summed E-state index contributed by atoms with van der Waals surface area (Å²) < 4.78 is 11.1. The molecule has 1 aromatic heterocycles. The molecule has 0 bridgehead atoms. The van der Waals surface area contributed by atoms with Gasteiger partial charge in [-0.05, 0) is 38.1 Å². The highest BCUT2D eigenvalue weighted by atomic mass is 16.5. The molecule has 0 unspecified atom stereocenters. The summed E-state index contributed by atoms with van der Waals surface area (Å²) in [6.45, 7) is 3.70. The molecular weight excluding hydrogens is 358 g/mol. The van der Waals surface area contributed by atoms with Crippen LogP contribution in [0.5, 0.6) is 5.75 Å². The molecule has 1 aliphatic rings. The lowest BCUT2D eigenvalue weighted by Crippen LogP contribution is -2.45. The lowest BCUT2D eigenvalue weighted by molar-refractivity contribution is -0.148. The van der Waals surface area contributed by atoms with Crippen molar-refractivity contribution in [3.05, 3.63) is 54.4 Å². The molecule has 0 radical (unpaired) electrons. The van der Waals surface area contributed by atoms with Gasteiger partial charge >= 0.3 is 5.97 Å². The van der Waals surface area contributed by atoms with E-state index >= 15 is 0 Å². The molecular formula is C21H21N3O4. The minimum absolute atomic E-state index is 0.0807. The first kappa shape index (κ1) is 18.0. The van der Waals surface area contributed by atoms with Crippen LogP contribution in [0.25, 0.3) is 11.0 Å². The zero-order chi connectivity index (χ0) is 19.7. The highest BCUT2D eigenvalue weighted by Gasteiger charge is 2.31. The van der Waals surface area contributed by atoms with Gasteiger partial charge in [0.2, 0.25) is 0 Å². The van der Waals surface area contributed by atoms with Crippen LogP contribution in [0.3, 0.4) is 0 Å². The number of para-hydroxylation sites is 4. The van der Waals surface area contributed by atoms with Crippen LogP contribution in [0.15, 0.2) is 48.5 Å². The molecule has 7 heteroatoms. The zero-order valence-corrected chi connectivity index (χ0v) is 15.7. The number of ether oxygens (including phenoxy) is 2. The van der Waals surface area contributed by atoms with E-state index in [1.54, 1.807) is 18.7 Å². The fourth-order valence-corrected chi connectivity index (χ4v) is 3.27. The minimum Gasteiger partial charge on any atom is -0.479 e. The molecule has 1 N–H and O–H groups in total. The summed E-state index contributed by atoms with van der Waals surface area (Å²) >= 11 is 0. The van der Waals surface area contributed by atoms with Gasteiger partial charge in [-0.3, -0.25) is 9.59 Å².